The molecular formula is C18H19F2N3O2. The Morgan fingerprint density at radius 1 is 1.08 bits per heavy atom. The minimum Gasteiger partial charge on any atom is -0.375 e. The van der Waals surface area contributed by atoms with Crippen molar-refractivity contribution >= 4 is 23.2 Å². The summed E-state index contributed by atoms with van der Waals surface area (Å²) in [4.78, 5) is 25.8. The van der Waals surface area contributed by atoms with Crippen molar-refractivity contribution in [2.45, 2.75) is 6.92 Å². The number of anilines is 2. The zero-order chi connectivity index (χ0) is 18.4. The molecule has 25 heavy (non-hydrogen) atoms. The summed E-state index contributed by atoms with van der Waals surface area (Å²) in [6.45, 7) is 2.51. The third-order valence-corrected chi connectivity index (χ3v) is 3.58. The molecule has 132 valence electrons. The molecule has 0 saturated carbocycles. The molecule has 2 rings (SSSR count). The SMILES string of the molecule is CCN(C)c1cccc(NC(=O)CNC(=O)c2cc(F)cc(F)c2)c1. The predicted octanol–water partition coefficient (Wildman–Crippen LogP) is 2.79. The normalized spacial score (nSPS) is 10.2. The number of benzene rings is 2. The Balaban J connectivity index is 1.93. The van der Waals surface area contributed by atoms with Crippen LogP contribution in [-0.4, -0.2) is 32.0 Å². The van der Waals surface area contributed by atoms with Crippen LogP contribution in [-0.2, 0) is 4.79 Å². The van der Waals surface area contributed by atoms with E-state index >= 15 is 0 Å². The first kappa shape index (κ1) is 18.4. The van der Waals surface area contributed by atoms with Gasteiger partial charge in [0.1, 0.15) is 11.6 Å². The molecule has 0 aliphatic rings. The fourth-order valence-corrected chi connectivity index (χ4v) is 2.16. The molecule has 0 aromatic heterocycles. The van der Waals surface area contributed by atoms with Crippen LogP contribution < -0.4 is 15.5 Å². The molecular weight excluding hydrogens is 328 g/mol. The maximum Gasteiger partial charge on any atom is 0.251 e. The van der Waals surface area contributed by atoms with Gasteiger partial charge in [0, 0.05) is 36.6 Å². The van der Waals surface area contributed by atoms with E-state index in [9.17, 15) is 18.4 Å². The Morgan fingerprint density at radius 2 is 1.76 bits per heavy atom. The maximum atomic E-state index is 13.1. The van der Waals surface area contributed by atoms with E-state index in [0.717, 1.165) is 24.4 Å². The van der Waals surface area contributed by atoms with E-state index in [1.54, 1.807) is 6.07 Å². The van der Waals surface area contributed by atoms with E-state index in [0.29, 0.717) is 11.8 Å². The second-order valence-electron chi connectivity index (χ2n) is 5.45. The van der Waals surface area contributed by atoms with Crippen LogP contribution in [0, 0.1) is 11.6 Å². The van der Waals surface area contributed by atoms with Gasteiger partial charge in [-0.3, -0.25) is 9.59 Å². The highest BCUT2D eigenvalue weighted by molar-refractivity contribution is 5.99. The molecule has 0 aliphatic heterocycles. The molecule has 7 heteroatoms. The lowest BCUT2D eigenvalue weighted by Gasteiger charge is -2.17. The third kappa shape index (κ3) is 5.27. The topological polar surface area (TPSA) is 61.4 Å². The fourth-order valence-electron chi connectivity index (χ4n) is 2.16. The van der Waals surface area contributed by atoms with Crippen LogP contribution in [0.5, 0.6) is 0 Å². The number of carbonyl (C=O) groups excluding carboxylic acids is 2. The molecule has 0 saturated heterocycles. The van der Waals surface area contributed by atoms with E-state index in [2.05, 4.69) is 10.6 Å². The van der Waals surface area contributed by atoms with Gasteiger partial charge in [-0.15, -0.1) is 0 Å². The van der Waals surface area contributed by atoms with Crippen LogP contribution in [0.1, 0.15) is 17.3 Å². The summed E-state index contributed by atoms with van der Waals surface area (Å²) >= 11 is 0. The van der Waals surface area contributed by atoms with Crippen LogP contribution in [0.15, 0.2) is 42.5 Å². The van der Waals surface area contributed by atoms with E-state index in [1.165, 1.54) is 0 Å². The number of hydrogen-bond acceptors (Lipinski definition) is 3. The lowest BCUT2D eigenvalue weighted by molar-refractivity contribution is -0.115. The quantitative estimate of drug-likeness (QED) is 0.845. The van der Waals surface area contributed by atoms with Gasteiger partial charge >= 0.3 is 0 Å². The predicted molar refractivity (Wildman–Crippen MR) is 92.7 cm³/mol. The van der Waals surface area contributed by atoms with Crippen molar-refractivity contribution in [3.63, 3.8) is 0 Å². The Kier molecular flexibility index (Phi) is 6.05. The van der Waals surface area contributed by atoms with Crippen LogP contribution in [0.3, 0.4) is 0 Å². The molecule has 0 atom stereocenters. The number of halogens is 2. The summed E-state index contributed by atoms with van der Waals surface area (Å²) in [6.07, 6.45) is 0. The van der Waals surface area contributed by atoms with Gasteiger partial charge in [0.25, 0.3) is 5.91 Å². The van der Waals surface area contributed by atoms with E-state index in [1.807, 2.05) is 37.1 Å². The Labute approximate surface area is 144 Å². The van der Waals surface area contributed by atoms with Gasteiger partial charge in [-0.25, -0.2) is 8.78 Å². The van der Waals surface area contributed by atoms with Crippen LogP contribution in [0.4, 0.5) is 20.2 Å². The Morgan fingerprint density at radius 3 is 2.40 bits per heavy atom. The van der Waals surface area contributed by atoms with Crippen LogP contribution in [0.25, 0.3) is 0 Å². The zero-order valence-corrected chi connectivity index (χ0v) is 14.0. The van der Waals surface area contributed by atoms with Crippen molar-refractivity contribution in [1.82, 2.24) is 5.32 Å². The number of hydrogen-bond donors (Lipinski definition) is 2. The van der Waals surface area contributed by atoms with E-state index in [-0.39, 0.29) is 12.1 Å². The molecule has 0 unspecified atom stereocenters. The standard InChI is InChI=1S/C18H19F2N3O2/c1-3-23(2)16-6-4-5-15(10-16)22-17(24)11-21-18(25)12-7-13(19)9-14(20)8-12/h4-10H,3,11H2,1-2H3,(H,21,25)(H,22,24). The highest BCUT2D eigenvalue weighted by Gasteiger charge is 2.11. The number of nitrogens with one attached hydrogen (secondary N) is 2. The minimum atomic E-state index is -0.855. The summed E-state index contributed by atoms with van der Waals surface area (Å²) in [5.74, 6) is -2.88. The number of amides is 2. The first-order chi connectivity index (χ1) is 11.9. The summed E-state index contributed by atoms with van der Waals surface area (Å²) < 4.78 is 26.2. The lowest BCUT2D eigenvalue weighted by Crippen LogP contribution is -2.33. The largest absolute Gasteiger partial charge is 0.375 e. The summed E-state index contributed by atoms with van der Waals surface area (Å²) in [6, 6.07) is 9.75. The molecule has 5 nitrogen and oxygen atoms in total. The first-order valence-corrected chi connectivity index (χ1v) is 7.74. The Hall–Kier alpha value is -2.96. The van der Waals surface area contributed by atoms with Gasteiger partial charge in [-0.2, -0.15) is 0 Å². The monoisotopic (exact) mass is 347 g/mol. The summed E-state index contributed by atoms with van der Waals surface area (Å²) in [5, 5.41) is 4.99. The highest BCUT2D eigenvalue weighted by Crippen LogP contribution is 2.18. The average Bonchev–Trinajstić information content (AvgIpc) is 2.58. The van der Waals surface area contributed by atoms with Crippen molar-refractivity contribution in [3.05, 3.63) is 59.7 Å². The average molecular weight is 347 g/mol. The van der Waals surface area contributed by atoms with Gasteiger partial charge in [-0.1, -0.05) is 6.07 Å². The lowest BCUT2D eigenvalue weighted by atomic mass is 10.2. The minimum absolute atomic E-state index is 0.183. The van der Waals surface area contributed by atoms with Gasteiger partial charge in [0.2, 0.25) is 5.91 Å². The van der Waals surface area contributed by atoms with Gasteiger partial charge < -0.3 is 15.5 Å². The molecule has 2 N–H and O–H groups in total. The maximum absolute atomic E-state index is 13.1. The van der Waals surface area contributed by atoms with Gasteiger partial charge in [0.05, 0.1) is 6.54 Å². The Bertz CT molecular complexity index is 760. The van der Waals surface area contributed by atoms with E-state index < -0.39 is 23.4 Å². The smallest absolute Gasteiger partial charge is 0.251 e. The molecule has 0 fully saturated rings. The second-order valence-corrected chi connectivity index (χ2v) is 5.45. The highest BCUT2D eigenvalue weighted by atomic mass is 19.1. The first-order valence-electron chi connectivity index (χ1n) is 7.74. The molecule has 2 amide bonds. The summed E-state index contributed by atoms with van der Waals surface area (Å²) in [7, 11) is 1.93. The van der Waals surface area contributed by atoms with Crippen LogP contribution >= 0.6 is 0 Å². The molecule has 0 heterocycles. The van der Waals surface area contributed by atoms with Crippen molar-refractivity contribution in [2.75, 3.05) is 30.4 Å². The zero-order valence-electron chi connectivity index (χ0n) is 14.0. The molecule has 2 aromatic rings. The summed E-state index contributed by atoms with van der Waals surface area (Å²) in [5.41, 5.74) is 1.35. The van der Waals surface area contributed by atoms with Gasteiger partial charge in [-0.05, 0) is 37.3 Å². The molecule has 0 aliphatic carbocycles. The molecule has 0 bridgehead atoms. The van der Waals surface area contributed by atoms with Crippen molar-refractivity contribution in [3.8, 4) is 0 Å². The number of nitrogens with zero attached hydrogens (tertiary/aromatic N) is 1. The number of carbonyl (C=O) groups is 2. The number of rotatable bonds is 6. The van der Waals surface area contributed by atoms with Gasteiger partial charge in [0.15, 0.2) is 0 Å². The molecule has 0 radical (unpaired) electrons. The van der Waals surface area contributed by atoms with Crippen molar-refractivity contribution in [1.29, 1.82) is 0 Å². The van der Waals surface area contributed by atoms with Crippen LogP contribution in [0.2, 0.25) is 0 Å². The fraction of sp³-hybridized carbons (Fsp3) is 0.222. The van der Waals surface area contributed by atoms with E-state index in [4.69, 9.17) is 0 Å². The van der Waals surface area contributed by atoms with Crippen molar-refractivity contribution < 1.29 is 18.4 Å². The van der Waals surface area contributed by atoms with Crippen molar-refractivity contribution in [2.24, 2.45) is 0 Å². The molecule has 2 aromatic carbocycles. The molecule has 0 spiro atoms. The third-order valence-electron chi connectivity index (χ3n) is 3.58. The second kappa shape index (κ2) is 8.23.